The molecule has 1 heterocycles. The van der Waals surface area contributed by atoms with E-state index in [0.717, 1.165) is 37.8 Å². The fraction of sp³-hybridized carbons (Fsp3) is 0.646. The average molecular weight is 1810 g/mol. The number of nitrogens with one attached hydrogen (secondary N) is 9. The Morgan fingerprint density at radius 1 is 0.563 bits per heavy atom. The summed E-state index contributed by atoms with van der Waals surface area (Å²) in [5.41, 5.74) is 7.15. The van der Waals surface area contributed by atoms with Crippen molar-refractivity contribution in [3.05, 3.63) is 54.1 Å². The summed E-state index contributed by atoms with van der Waals surface area (Å²) in [5, 5.41) is 151. The number of urea groups is 1. The number of anilines is 3. The van der Waals surface area contributed by atoms with Crippen LogP contribution in [0.5, 0.6) is 0 Å². The van der Waals surface area contributed by atoms with E-state index in [4.69, 9.17) is 5.73 Å². The summed E-state index contributed by atoms with van der Waals surface area (Å²) in [6.45, 7) is 0.762. The van der Waals surface area contributed by atoms with E-state index in [1.54, 1.807) is 51.1 Å². The molecule has 2 aromatic rings. The number of carboxylic acids is 3. The first-order valence-corrected chi connectivity index (χ1v) is 42.4. The number of carbonyl (C=O) groups is 17. The zero-order valence-electron chi connectivity index (χ0n) is 70.7. The van der Waals surface area contributed by atoms with Gasteiger partial charge < -0.3 is 135 Å². The van der Waals surface area contributed by atoms with Gasteiger partial charge in [0.05, 0.1) is 61.5 Å². The maximum Gasteiger partial charge on any atom is 0.327 e. The smallest absolute Gasteiger partial charge is 0.327 e. The molecule has 1 saturated carbocycles. The molecule has 1 unspecified atom stereocenters. The standard InChI is InChI=1S/C82H124N12O31S/c1-82(2,3)65(105)39-94-58-21-12-11-20-57(58)93(49-17-8-7-9-18-49)38-54(79(94)121)92-81(124)87-48-16-14-15-45(33-48)74(116)84-32-13-6-4-5-10-19-50(98)34-46(22-30-68(108)109)75(117)89-53(26-29-67(107)86-37-62(102)71(113)73(115)64(104)41-96)60(100)35-47(23-31-69(110)111)76(118)88-52(25-28-66(106)85-36-61(101)70(112)72(114)63(103)40-95)59(99)27-24-51(83)77(119)90-55(42-125-44-97)78(120)91-56(43-126)80(122)123/h11-12,14-16,20-21,33,44,46-47,49,51-56,61-64,70-73,95-96,101-104,112-115,126H,4-10,13,17-19,22-32,34-43,83H2,1-3H3,(H,84,116)(H,85,106)(H,86,107)(H,88,118)(H,89,117)(H,90,119)(H,91,120)(H,108,109)(H,110,111)(H,122,123)(H2,87,92,124)/t46-,47-,51-,52+,53+,54+,55-,56?,61-,62-,63+,64+,70+,71+,72+,73+/m0/s1. The number of thiol groups is 1. The first-order valence-electron chi connectivity index (χ1n) is 41.8. The summed E-state index contributed by atoms with van der Waals surface area (Å²) in [5.74, 6) is -18.7. The van der Waals surface area contributed by atoms with E-state index in [0.29, 0.717) is 31.4 Å². The summed E-state index contributed by atoms with van der Waals surface area (Å²) in [6, 6.07) is 3.05. The van der Waals surface area contributed by atoms with Crippen LogP contribution in [0.4, 0.5) is 21.9 Å². The molecule has 16 atom stereocenters. The van der Waals surface area contributed by atoms with E-state index in [-0.39, 0.29) is 62.0 Å². The van der Waals surface area contributed by atoms with Gasteiger partial charge in [-0.3, -0.25) is 71.9 Å². The lowest BCUT2D eigenvalue weighted by Crippen LogP contribution is -2.56. The molecule has 10 amide bonds. The quantitative estimate of drug-likeness (QED) is 0.0173. The van der Waals surface area contributed by atoms with Gasteiger partial charge in [-0.2, -0.15) is 12.6 Å². The van der Waals surface area contributed by atoms with E-state index in [9.17, 15) is 148 Å². The van der Waals surface area contributed by atoms with E-state index < -0.39 is 307 Å². The number of aliphatic carboxylic acids is 3. The van der Waals surface area contributed by atoms with E-state index >= 15 is 0 Å². The first-order chi connectivity index (χ1) is 59.5. The predicted octanol–water partition coefficient (Wildman–Crippen LogP) is -3.60. The van der Waals surface area contributed by atoms with Crippen molar-refractivity contribution in [3.8, 4) is 0 Å². The second kappa shape index (κ2) is 55.4. The lowest BCUT2D eigenvalue weighted by molar-refractivity contribution is -0.142. The van der Waals surface area contributed by atoms with Crippen LogP contribution in [-0.4, -0.2) is 317 Å². The highest BCUT2D eigenvalue weighted by Gasteiger charge is 2.42. The molecule has 0 radical (unpaired) electrons. The van der Waals surface area contributed by atoms with Gasteiger partial charge >= 0.3 is 23.9 Å². The molecule has 2 aromatic carbocycles. The molecule has 1 aliphatic heterocycles. The third-order valence-electron chi connectivity index (χ3n) is 21.5. The van der Waals surface area contributed by atoms with Gasteiger partial charge in [-0.25, -0.2) is 9.59 Å². The number of ether oxygens (including phenoxy) is 1. The molecule has 43 nitrogen and oxygen atoms in total. The molecule has 2 aliphatic rings. The number of nitrogens with zero attached hydrogens (tertiary/aromatic N) is 2. The highest BCUT2D eigenvalue weighted by molar-refractivity contribution is 7.80. The normalized spacial score (nSPS) is 17.2. The van der Waals surface area contributed by atoms with Crippen LogP contribution in [0, 0.1) is 17.3 Å². The number of benzene rings is 2. The molecule has 126 heavy (non-hydrogen) atoms. The predicted molar refractivity (Wildman–Crippen MR) is 450 cm³/mol. The van der Waals surface area contributed by atoms with Crippen molar-refractivity contribution in [2.45, 2.75) is 260 Å². The second-order valence-electron chi connectivity index (χ2n) is 32.3. The molecule has 1 fully saturated rings. The number of unbranched alkanes of at least 4 members (excludes halogenated alkanes) is 4. The summed E-state index contributed by atoms with van der Waals surface area (Å²) in [6.07, 6.45) is -18.1. The molecule has 0 bridgehead atoms. The van der Waals surface area contributed by atoms with Crippen LogP contribution >= 0.6 is 12.6 Å². The van der Waals surface area contributed by atoms with Gasteiger partial charge in [0.1, 0.15) is 67.1 Å². The Bertz CT molecular complexity index is 3980. The third-order valence-corrected chi connectivity index (χ3v) is 21.8. The van der Waals surface area contributed by atoms with Gasteiger partial charge in [-0.05, 0) is 88.1 Å². The van der Waals surface area contributed by atoms with Crippen molar-refractivity contribution in [3.63, 3.8) is 0 Å². The number of hydrogen-bond donors (Lipinski definition) is 24. The maximum atomic E-state index is 14.7. The van der Waals surface area contributed by atoms with Crippen molar-refractivity contribution >= 4 is 130 Å². The number of aliphatic hydroxyl groups is 10. The zero-order chi connectivity index (χ0) is 94.1. The number of rotatable bonds is 60. The fourth-order valence-electron chi connectivity index (χ4n) is 13.8. The minimum Gasteiger partial charge on any atom is -0.481 e. The molecule has 0 aromatic heterocycles. The highest BCUT2D eigenvalue weighted by atomic mass is 32.1. The Kier molecular flexibility index (Phi) is 47.5. The van der Waals surface area contributed by atoms with Crippen LogP contribution in [0.3, 0.4) is 0 Å². The van der Waals surface area contributed by atoms with Crippen LogP contribution < -0.4 is 63.4 Å². The van der Waals surface area contributed by atoms with E-state index in [1.807, 2.05) is 12.1 Å². The lowest BCUT2D eigenvalue weighted by Gasteiger charge is -2.37. The zero-order valence-corrected chi connectivity index (χ0v) is 71.6. The Labute approximate surface area is 732 Å². The van der Waals surface area contributed by atoms with Crippen molar-refractivity contribution < 1.29 is 153 Å². The Hall–Kier alpha value is -10.3. The Morgan fingerprint density at radius 2 is 1.08 bits per heavy atom. The van der Waals surface area contributed by atoms with Crippen LogP contribution in [-0.2, 0) is 76.7 Å². The minimum atomic E-state index is -2.15. The molecule has 0 saturated heterocycles. The number of carbonyl (C=O) groups excluding carboxylic acids is 14. The number of carboxylic acid groups (broad SMARTS) is 3. The van der Waals surface area contributed by atoms with Gasteiger partial charge in [0.15, 0.2) is 17.3 Å². The number of para-hydroxylation sites is 2. The molecule has 44 heteroatoms. The number of hydrogen-bond acceptors (Lipinski definition) is 31. The third kappa shape index (κ3) is 37.3. The molecular formula is C82H124N12O31S. The van der Waals surface area contributed by atoms with Crippen molar-refractivity contribution in [2.75, 3.05) is 73.4 Å². The topological polar surface area (TPSA) is 703 Å². The number of ketones is 4. The lowest BCUT2D eigenvalue weighted by atomic mass is 9.89. The van der Waals surface area contributed by atoms with Crippen LogP contribution in [0.1, 0.15) is 179 Å². The monoisotopic (exact) mass is 1800 g/mol. The summed E-state index contributed by atoms with van der Waals surface area (Å²) < 4.78 is 4.61. The Balaban J connectivity index is 1.50. The maximum absolute atomic E-state index is 14.7. The Morgan fingerprint density at radius 3 is 1.61 bits per heavy atom. The number of Topliss-reactive ketones (excluding diaryl/α,β-unsaturated/α-hetero) is 4. The van der Waals surface area contributed by atoms with Crippen molar-refractivity contribution in [1.82, 2.24) is 42.5 Å². The largest absolute Gasteiger partial charge is 0.481 e. The fourth-order valence-corrected chi connectivity index (χ4v) is 14.0. The SMILES string of the molecule is CC(C)(C)C(=O)CN1C(=O)[C@H](NC(=O)Nc2cccc(C(=O)NCCCCCCCC(=O)C[C@H](CCC(=O)O)C(=O)N[C@H](CCC(=O)NC[C@H](O)[C@@H](O)[C@H](O)[C@H](O)CO)C(=O)C[C@H](CCC(=O)O)C(=O)N[C@H](CCC(=O)NC[C@H](O)[C@@H](O)[C@H](O)[C@H](O)CO)C(=O)CC[C@H](N)C(=O)N[C@@H](COC=O)C(=O)NC(CS)C(=O)O)c2)CN(C2CCCCC2)c2ccccc21. The highest BCUT2D eigenvalue weighted by Crippen LogP contribution is 2.38. The number of nitrogens with two attached hydrogens (primary N) is 1. The number of amides is 10. The van der Waals surface area contributed by atoms with Gasteiger partial charge in [-0.15, -0.1) is 0 Å². The molecule has 0 spiro atoms. The molecular weight excluding hydrogens is 1680 g/mol. The first kappa shape index (κ1) is 108. The molecule has 4 rings (SSSR count). The second-order valence-corrected chi connectivity index (χ2v) is 32.7. The summed E-state index contributed by atoms with van der Waals surface area (Å²) in [4.78, 5) is 230. The van der Waals surface area contributed by atoms with Crippen LogP contribution in [0.2, 0.25) is 0 Å². The van der Waals surface area contributed by atoms with E-state index in [1.165, 1.54) is 11.0 Å². The van der Waals surface area contributed by atoms with Crippen LogP contribution in [0.25, 0.3) is 0 Å². The number of fused-ring (bicyclic) bond motifs is 1. The van der Waals surface area contributed by atoms with Crippen molar-refractivity contribution in [2.24, 2.45) is 23.0 Å². The van der Waals surface area contributed by atoms with Gasteiger partial charge in [-0.1, -0.05) is 77.5 Å². The molecule has 704 valence electrons. The molecule has 1 aliphatic carbocycles. The summed E-state index contributed by atoms with van der Waals surface area (Å²) >= 11 is 3.86. The van der Waals surface area contributed by atoms with Crippen LogP contribution in [0.15, 0.2) is 48.5 Å². The summed E-state index contributed by atoms with van der Waals surface area (Å²) in [7, 11) is 0. The average Bonchev–Trinajstić information content (AvgIpc) is 1.62. The van der Waals surface area contributed by atoms with Gasteiger partial charge in [0, 0.05) is 118 Å². The van der Waals surface area contributed by atoms with Gasteiger partial charge in [0.25, 0.3) is 18.3 Å². The van der Waals surface area contributed by atoms with Crippen molar-refractivity contribution in [1.29, 1.82) is 0 Å². The number of aliphatic hydroxyl groups excluding tert-OH is 10. The minimum absolute atomic E-state index is 0.0871. The van der Waals surface area contributed by atoms with E-state index in [2.05, 4.69) is 70.1 Å². The van der Waals surface area contributed by atoms with Gasteiger partial charge in [0.2, 0.25) is 35.4 Å². The molecule has 24 N–H and O–H groups in total.